The fraction of sp³-hybridized carbons (Fsp3) is 0.200. The summed E-state index contributed by atoms with van der Waals surface area (Å²) in [4.78, 5) is 10.1. The number of rotatable bonds is 6. The summed E-state index contributed by atoms with van der Waals surface area (Å²) in [6.07, 6.45) is -0.710. The first-order valence-corrected chi connectivity index (χ1v) is 6.81. The van der Waals surface area contributed by atoms with E-state index in [2.05, 4.69) is 5.32 Å². The molecule has 0 bridgehead atoms. The van der Waals surface area contributed by atoms with E-state index in [4.69, 9.17) is 11.6 Å². The normalized spacial score (nSPS) is 12.1. The minimum Gasteiger partial charge on any atom is -0.387 e. The van der Waals surface area contributed by atoms with Crippen molar-refractivity contribution in [1.29, 1.82) is 0 Å². The smallest absolute Gasteiger partial charge is 0.269 e. The van der Waals surface area contributed by atoms with Gasteiger partial charge in [0.05, 0.1) is 11.0 Å². The Morgan fingerprint density at radius 3 is 2.33 bits per heavy atom. The van der Waals surface area contributed by atoms with Crippen LogP contribution in [0.2, 0.25) is 5.02 Å². The molecule has 2 aromatic rings. The summed E-state index contributed by atoms with van der Waals surface area (Å²) in [5, 5.41) is 24.4. The Balaban J connectivity index is 1.85. The molecular formula is C15H15ClN2O3. The summed E-state index contributed by atoms with van der Waals surface area (Å²) >= 11 is 5.80. The lowest BCUT2D eigenvalue weighted by molar-refractivity contribution is -0.384. The van der Waals surface area contributed by atoms with Gasteiger partial charge in [0.25, 0.3) is 5.69 Å². The van der Waals surface area contributed by atoms with Gasteiger partial charge in [-0.05, 0) is 35.4 Å². The number of aliphatic hydroxyl groups excluding tert-OH is 1. The van der Waals surface area contributed by atoms with E-state index in [0.29, 0.717) is 23.7 Å². The van der Waals surface area contributed by atoms with E-state index in [9.17, 15) is 15.2 Å². The molecule has 21 heavy (non-hydrogen) atoms. The predicted molar refractivity (Wildman–Crippen MR) is 81.2 cm³/mol. The maximum atomic E-state index is 10.6. The second kappa shape index (κ2) is 7.17. The lowest BCUT2D eigenvalue weighted by atomic mass is 10.1. The number of hydrogen-bond acceptors (Lipinski definition) is 4. The third-order valence-corrected chi connectivity index (χ3v) is 3.32. The van der Waals surface area contributed by atoms with Crippen LogP contribution < -0.4 is 5.32 Å². The van der Waals surface area contributed by atoms with E-state index >= 15 is 0 Å². The second-order valence-electron chi connectivity index (χ2n) is 4.62. The lowest BCUT2D eigenvalue weighted by Gasteiger charge is -2.12. The van der Waals surface area contributed by atoms with Crippen molar-refractivity contribution >= 4 is 17.3 Å². The van der Waals surface area contributed by atoms with Gasteiger partial charge >= 0.3 is 0 Å². The highest BCUT2D eigenvalue weighted by Crippen LogP contribution is 2.17. The molecule has 0 aliphatic carbocycles. The summed E-state index contributed by atoms with van der Waals surface area (Å²) in [7, 11) is 0. The van der Waals surface area contributed by atoms with Crippen LogP contribution in [0.3, 0.4) is 0 Å². The van der Waals surface area contributed by atoms with Crippen LogP contribution in [0.1, 0.15) is 17.2 Å². The molecule has 6 heteroatoms. The molecule has 0 unspecified atom stereocenters. The predicted octanol–water partition coefficient (Wildman–Crippen LogP) is 3.07. The highest BCUT2D eigenvalue weighted by Gasteiger charge is 2.10. The largest absolute Gasteiger partial charge is 0.387 e. The van der Waals surface area contributed by atoms with Crippen LogP contribution >= 0.6 is 11.6 Å². The molecule has 0 aliphatic rings. The zero-order valence-electron chi connectivity index (χ0n) is 11.2. The molecule has 2 aromatic carbocycles. The zero-order valence-corrected chi connectivity index (χ0v) is 12.0. The van der Waals surface area contributed by atoms with Crippen molar-refractivity contribution in [2.75, 3.05) is 6.54 Å². The van der Waals surface area contributed by atoms with E-state index in [-0.39, 0.29) is 5.69 Å². The molecule has 0 amide bonds. The fourth-order valence-electron chi connectivity index (χ4n) is 1.89. The van der Waals surface area contributed by atoms with Crippen molar-refractivity contribution in [1.82, 2.24) is 5.32 Å². The van der Waals surface area contributed by atoms with E-state index in [1.54, 1.807) is 12.1 Å². The molecule has 2 rings (SSSR count). The van der Waals surface area contributed by atoms with Crippen LogP contribution in [0.25, 0.3) is 0 Å². The Morgan fingerprint density at radius 1 is 1.14 bits per heavy atom. The van der Waals surface area contributed by atoms with Crippen molar-refractivity contribution < 1.29 is 10.0 Å². The van der Waals surface area contributed by atoms with Crippen LogP contribution in [-0.2, 0) is 6.54 Å². The van der Waals surface area contributed by atoms with E-state index in [0.717, 1.165) is 5.56 Å². The molecule has 1 atom stereocenters. The third kappa shape index (κ3) is 4.53. The van der Waals surface area contributed by atoms with Gasteiger partial charge < -0.3 is 10.4 Å². The maximum absolute atomic E-state index is 10.6. The molecule has 5 nitrogen and oxygen atoms in total. The van der Waals surface area contributed by atoms with Crippen LogP contribution in [0.4, 0.5) is 5.69 Å². The first-order chi connectivity index (χ1) is 10.1. The molecule has 0 saturated heterocycles. The van der Waals surface area contributed by atoms with Gasteiger partial charge in [-0.15, -0.1) is 0 Å². The molecule has 0 fully saturated rings. The highest BCUT2D eigenvalue weighted by molar-refractivity contribution is 6.30. The van der Waals surface area contributed by atoms with Crippen LogP contribution in [0, 0.1) is 10.1 Å². The van der Waals surface area contributed by atoms with Gasteiger partial charge in [0, 0.05) is 30.2 Å². The molecule has 2 N–H and O–H groups in total. The van der Waals surface area contributed by atoms with E-state index in [1.165, 1.54) is 12.1 Å². The third-order valence-electron chi connectivity index (χ3n) is 3.07. The second-order valence-corrected chi connectivity index (χ2v) is 5.06. The average molecular weight is 307 g/mol. The van der Waals surface area contributed by atoms with Crippen molar-refractivity contribution in [2.45, 2.75) is 12.6 Å². The number of nitro benzene ring substituents is 1. The maximum Gasteiger partial charge on any atom is 0.269 e. The first kappa shape index (κ1) is 15.4. The Hall–Kier alpha value is -1.95. The number of hydrogen-bond donors (Lipinski definition) is 2. The molecule has 0 radical (unpaired) electrons. The molecule has 0 spiro atoms. The van der Waals surface area contributed by atoms with E-state index in [1.807, 2.05) is 24.3 Å². The van der Waals surface area contributed by atoms with Gasteiger partial charge in [-0.3, -0.25) is 10.1 Å². The van der Waals surface area contributed by atoms with Crippen LogP contribution in [0.5, 0.6) is 0 Å². The molecule has 0 aliphatic heterocycles. The van der Waals surface area contributed by atoms with Crippen molar-refractivity contribution in [3.05, 3.63) is 74.8 Å². The quantitative estimate of drug-likeness (QED) is 0.635. The van der Waals surface area contributed by atoms with Crippen molar-refractivity contribution in [3.8, 4) is 0 Å². The van der Waals surface area contributed by atoms with Crippen LogP contribution in [0.15, 0.2) is 48.5 Å². The number of nitrogens with one attached hydrogen (secondary N) is 1. The van der Waals surface area contributed by atoms with Gasteiger partial charge in [0.2, 0.25) is 0 Å². The van der Waals surface area contributed by atoms with Crippen molar-refractivity contribution in [2.24, 2.45) is 0 Å². The topological polar surface area (TPSA) is 75.4 Å². The number of nitrogens with zero attached hydrogens (tertiary/aromatic N) is 1. The van der Waals surface area contributed by atoms with Gasteiger partial charge in [0.1, 0.15) is 0 Å². The van der Waals surface area contributed by atoms with Gasteiger partial charge in [-0.2, -0.15) is 0 Å². The average Bonchev–Trinajstić information content (AvgIpc) is 2.49. The number of benzene rings is 2. The fourth-order valence-corrected chi connectivity index (χ4v) is 2.02. The molecule has 110 valence electrons. The summed E-state index contributed by atoms with van der Waals surface area (Å²) in [6.45, 7) is 0.974. The number of aliphatic hydroxyl groups is 1. The Kier molecular flexibility index (Phi) is 5.27. The zero-order chi connectivity index (χ0) is 15.2. The van der Waals surface area contributed by atoms with Gasteiger partial charge in [0.15, 0.2) is 0 Å². The summed E-state index contributed by atoms with van der Waals surface area (Å²) in [6, 6.07) is 13.3. The first-order valence-electron chi connectivity index (χ1n) is 6.44. The standard InChI is InChI=1S/C15H15ClN2O3/c16-13-5-1-11(2-6-13)9-17-10-15(19)12-3-7-14(8-4-12)18(20)21/h1-8,15,17,19H,9-10H2/t15-/m0/s1. The Morgan fingerprint density at radius 2 is 1.76 bits per heavy atom. The van der Waals surface area contributed by atoms with Crippen molar-refractivity contribution in [3.63, 3.8) is 0 Å². The van der Waals surface area contributed by atoms with Gasteiger partial charge in [-0.1, -0.05) is 23.7 Å². The number of halogens is 1. The molecular weight excluding hydrogens is 292 g/mol. The summed E-state index contributed by atoms with van der Waals surface area (Å²) < 4.78 is 0. The minimum atomic E-state index is -0.710. The SMILES string of the molecule is O=[N+]([O-])c1ccc([C@@H](O)CNCc2ccc(Cl)cc2)cc1. The number of nitro groups is 1. The Labute approximate surface area is 127 Å². The lowest BCUT2D eigenvalue weighted by Crippen LogP contribution is -2.21. The Bertz CT molecular complexity index is 599. The number of non-ortho nitro benzene ring substituents is 1. The van der Waals surface area contributed by atoms with E-state index < -0.39 is 11.0 Å². The minimum absolute atomic E-state index is 0.0140. The summed E-state index contributed by atoms with van der Waals surface area (Å²) in [5.74, 6) is 0. The highest BCUT2D eigenvalue weighted by atomic mass is 35.5. The van der Waals surface area contributed by atoms with Gasteiger partial charge in [-0.25, -0.2) is 0 Å². The molecule has 0 heterocycles. The molecule has 0 aromatic heterocycles. The molecule has 0 saturated carbocycles. The summed E-state index contributed by atoms with van der Waals surface area (Å²) in [5.41, 5.74) is 1.72. The van der Waals surface area contributed by atoms with Crippen LogP contribution in [-0.4, -0.2) is 16.6 Å². The monoisotopic (exact) mass is 306 g/mol.